The molecule has 0 bridgehead atoms. The average Bonchev–Trinajstić information content (AvgIpc) is 3.39. The molecule has 28 heavy (non-hydrogen) atoms. The fraction of sp³-hybridized carbons (Fsp3) is 0.409. The Balaban J connectivity index is 1.64. The molecule has 0 saturated carbocycles. The Morgan fingerprint density at radius 2 is 1.71 bits per heavy atom. The Kier molecular flexibility index (Phi) is 5.06. The molecule has 1 fully saturated rings. The van der Waals surface area contributed by atoms with Gasteiger partial charge in [0.15, 0.2) is 0 Å². The zero-order chi connectivity index (χ0) is 19.8. The minimum absolute atomic E-state index is 0.111. The molecular weight excluding hydrogens is 368 g/mol. The van der Waals surface area contributed by atoms with Crippen molar-refractivity contribution in [2.24, 2.45) is 0 Å². The van der Waals surface area contributed by atoms with Crippen molar-refractivity contribution in [3.63, 3.8) is 0 Å². The molecule has 1 amide bonds. The summed E-state index contributed by atoms with van der Waals surface area (Å²) in [5.41, 5.74) is 6.66. The van der Waals surface area contributed by atoms with Gasteiger partial charge in [0.25, 0.3) is 5.91 Å². The Morgan fingerprint density at radius 3 is 2.39 bits per heavy atom. The highest BCUT2D eigenvalue weighted by molar-refractivity contribution is 7.16. The highest BCUT2D eigenvalue weighted by atomic mass is 32.1. The van der Waals surface area contributed by atoms with Gasteiger partial charge < -0.3 is 4.90 Å². The van der Waals surface area contributed by atoms with Gasteiger partial charge in [0.1, 0.15) is 4.88 Å². The highest BCUT2D eigenvalue weighted by Crippen LogP contribution is 2.27. The van der Waals surface area contributed by atoms with E-state index in [1.54, 1.807) is 0 Å². The fourth-order valence-electron chi connectivity index (χ4n) is 3.76. The third-order valence-corrected chi connectivity index (χ3v) is 6.62. The molecule has 1 aliphatic heterocycles. The highest BCUT2D eigenvalue weighted by Gasteiger charge is 2.25. The summed E-state index contributed by atoms with van der Waals surface area (Å²) in [7, 11) is 0. The molecule has 1 saturated heterocycles. The van der Waals surface area contributed by atoms with Crippen LogP contribution in [0.4, 0.5) is 0 Å². The fourth-order valence-corrected chi connectivity index (χ4v) is 4.80. The number of rotatable bonds is 4. The maximum absolute atomic E-state index is 12.8. The van der Waals surface area contributed by atoms with E-state index in [0.717, 1.165) is 59.4 Å². The summed E-state index contributed by atoms with van der Waals surface area (Å²) in [5.74, 6) is 0.111. The number of aryl methyl sites for hydroxylation is 3. The molecule has 1 aromatic carbocycles. The maximum Gasteiger partial charge on any atom is 0.265 e. The van der Waals surface area contributed by atoms with Crippen LogP contribution in [0.25, 0.3) is 5.13 Å². The molecule has 0 aliphatic carbocycles. The van der Waals surface area contributed by atoms with Gasteiger partial charge in [-0.05, 0) is 46.1 Å². The van der Waals surface area contributed by atoms with E-state index < -0.39 is 0 Å². The lowest BCUT2D eigenvalue weighted by molar-refractivity contribution is 0.0796. The van der Waals surface area contributed by atoms with Crippen LogP contribution < -0.4 is 0 Å². The van der Waals surface area contributed by atoms with Gasteiger partial charge in [-0.15, -0.1) is 0 Å². The molecule has 3 heterocycles. The minimum atomic E-state index is 0.111. The summed E-state index contributed by atoms with van der Waals surface area (Å²) < 4.78 is 1.90. The van der Waals surface area contributed by atoms with Crippen LogP contribution in [0.5, 0.6) is 0 Å². The van der Waals surface area contributed by atoms with Crippen molar-refractivity contribution in [2.75, 3.05) is 13.1 Å². The summed E-state index contributed by atoms with van der Waals surface area (Å²) in [4.78, 5) is 20.2. The number of benzene rings is 1. The molecule has 3 aromatic rings. The number of likely N-dealkylation sites (tertiary alicyclic amines) is 1. The number of aromatic nitrogens is 3. The molecule has 1 aliphatic rings. The number of hydrogen-bond donors (Lipinski definition) is 0. The van der Waals surface area contributed by atoms with Crippen molar-refractivity contribution >= 4 is 17.2 Å². The maximum atomic E-state index is 12.8. The van der Waals surface area contributed by atoms with E-state index in [9.17, 15) is 4.79 Å². The van der Waals surface area contributed by atoms with Gasteiger partial charge >= 0.3 is 0 Å². The first kappa shape index (κ1) is 18.9. The molecule has 0 N–H and O–H groups in total. The summed E-state index contributed by atoms with van der Waals surface area (Å²) in [6.07, 6.45) is 3.04. The van der Waals surface area contributed by atoms with E-state index in [4.69, 9.17) is 5.10 Å². The minimum Gasteiger partial charge on any atom is -0.338 e. The Morgan fingerprint density at radius 1 is 1.04 bits per heavy atom. The van der Waals surface area contributed by atoms with Crippen molar-refractivity contribution < 1.29 is 4.79 Å². The third-order valence-electron chi connectivity index (χ3n) is 5.50. The number of amides is 1. The summed E-state index contributed by atoms with van der Waals surface area (Å²) in [5, 5.41) is 5.52. The lowest BCUT2D eigenvalue weighted by Crippen LogP contribution is -2.27. The quantitative estimate of drug-likeness (QED) is 0.659. The number of hydrogen-bond acceptors (Lipinski definition) is 4. The van der Waals surface area contributed by atoms with Crippen molar-refractivity contribution in [3.8, 4) is 5.13 Å². The SMILES string of the molecule is Cc1ccc(Cc2c(C)nn(-c3nc(C)c(C(=O)N4CCCC4)s3)c2C)cc1. The average molecular weight is 395 g/mol. The van der Waals surface area contributed by atoms with Crippen molar-refractivity contribution in [3.05, 3.63) is 62.9 Å². The first-order valence-electron chi connectivity index (χ1n) is 9.81. The standard InChI is InChI=1S/C22H26N4OS/c1-14-7-9-18(10-8-14)13-19-15(2)24-26(17(19)4)22-23-16(3)20(28-22)21(27)25-11-5-6-12-25/h7-10H,5-6,11-13H2,1-4H3. The monoisotopic (exact) mass is 394 g/mol. The van der Waals surface area contributed by atoms with Crippen LogP contribution in [-0.4, -0.2) is 38.7 Å². The predicted octanol–water partition coefficient (Wildman–Crippen LogP) is 4.39. The largest absolute Gasteiger partial charge is 0.338 e. The van der Waals surface area contributed by atoms with Crippen LogP contribution in [0.3, 0.4) is 0 Å². The molecule has 0 radical (unpaired) electrons. The zero-order valence-corrected chi connectivity index (χ0v) is 17.8. The molecule has 0 spiro atoms. The van der Waals surface area contributed by atoms with Gasteiger partial charge in [0, 0.05) is 30.8 Å². The summed E-state index contributed by atoms with van der Waals surface area (Å²) >= 11 is 1.45. The first-order chi connectivity index (χ1) is 13.4. The first-order valence-corrected chi connectivity index (χ1v) is 10.6. The zero-order valence-electron chi connectivity index (χ0n) is 17.0. The lowest BCUT2D eigenvalue weighted by Gasteiger charge is -2.13. The van der Waals surface area contributed by atoms with Gasteiger partial charge in [-0.2, -0.15) is 5.10 Å². The molecule has 2 aromatic heterocycles. The lowest BCUT2D eigenvalue weighted by atomic mass is 10.0. The van der Waals surface area contributed by atoms with Gasteiger partial charge in [0.05, 0.1) is 11.4 Å². The van der Waals surface area contributed by atoms with Crippen LogP contribution >= 0.6 is 11.3 Å². The third kappa shape index (κ3) is 3.49. The Hall–Kier alpha value is -2.47. The Labute approximate surface area is 170 Å². The van der Waals surface area contributed by atoms with E-state index in [-0.39, 0.29) is 5.91 Å². The number of nitrogens with zero attached hydrogens (tertiary/aromatic N) is 4. The van der Waals surface area contributed by atoms with E-state index in [1.807, 2.05) is 23.4 Å². The van der Waals surface area contributed by atoms with Crippen LogP contribution in [-0.2, 0) is 6.42 Å². The number of carbonyl (C=O) groups is 1. The molecule has 146 valence electrons. The molecular formula is C22H26N4OS. The topological polar surface area (TPSA) is 51.0 Å². The van der Waals surface area contributed by atoms with Crippen molar-refractivity contribution in [1.82, 2.24) is 19.7 Å². The van der Waals surface area contributed by atoms with Gasteiger partial charge in [-0.3, -0.25) is 4.79 Å². The normalized spacial score (nSPS) is 14.1. The van der Waals surface area contributed by atoms with Gasteiger partial charge in [-0.25, -0.2) is 9.67 Å². The number of thiazole rings is 1. The van der Waals surface area contributed by atoms with Crippen molar-refractivity contribution in [2.45, 2.75) is 47.0 Å². The second-order valence-electron chi connectivity index (χ2n) is 7.63. The second kappa shape index (κ2) is 7.51. The second-order valence-corrected chi connectivity index (χ2v) is 8.61. The number of carbonyl (C=O) groups excluding carboxylic acids is 1. The smallest absolute Gasteiger partial charge is 0.265 e. The van der Waals surface area contributed by atoms with Crippen molar-refractivity contribution in [1.29, 1.82) is 0 Å². The Bertz CT molecular complexity index is 1010. The van der Waals surface area contributed by atoms with Crippen LogP contribution in [0.2, 0.25) is 0 Å². The predicted molar refractivity (Wildman–Crippen MR) is 113 cm³/mol. The van der Waals surface area contributed by atoms with Crippen LogP contribution in [0, 0.1) is 27.7 Å². The van der Waals surface area contributed by atoms with Crippen LogP contribution in [0.15, 0.2) is 24.3 Å². The molecule has 0 atom stereocenters. The molecule has 4 rings (SSSR count). The molecule has 5 nitrogen and oxygen atoms in total. The van der Waals surface area contributed by atoms with Crippen LogP contribution in [0.1, 0.15) is 56.3 Å². The summed E-state index contributed by atoms with van der Waals surface area (Å²) in [6, 6.07) is 8.63. The molecule has 0 unspecified atom stereocenters. The molecule has 6 heteroatoms. The van der Waals surface area contributed by atoms with E-state index in [0.29, 0.717) is 0 Å². The van der Waals surface area contributed by atoms with E-state index >= 15 is 0 Å². The van der Waals surface area contributed by atoms with E-state index in [2.05, 4.69) is 43.1 Å². The van der Waals surface area contributed by atoms with Gasteiger partial charge in [-0.1, -0.05) is 41.2 Å². The summed E-state index contributed by atoms with van der Waals surface area (Å²) in [6.45, 7) is 9.86. The van der Waals surface area contributed by atoms with Gasteiger partial charge in [0.2, 0.25) is 5.13 Å². The van der Waals surface area contributed by atoms with E-state index in [1.165, 1.54) is 28.0 Å².